The molecule has 0 spiro atoms. The maximum atomic E-state index is 12.2. The molecule has 2 rings (SSSR count). The van der Waals surface area contributed by atoms with Gasteiger partial charge in [0.25, 0.3) is 0 Å². The van der Waals surface area contributed by atoms with Gasteiger partial charge in [0.1, 0.15) is 5.75 Å². The Bertz CT molecular complexity index is 781. The third-order valence-electron chi connectivity index (χ3n) is 3.52. The lowest BCUT2D eigenvalue weighted by molar-refractivity contribution is -0.117. The van der Waals surface area contributed by atoms with Gasteiger partial charge in [0.2, 0.25) is 11.8 Å². The van der Waals surface area contributed by atoms with Gasteiger partial charge in [0.05, 0.1) is 23.5 Å². The Morgan fingerprint density at radius 2 is 1.88 bits per heavy atom. The average Bonchev–Trinajstić information content (AvgIpc) is 2.57. The minimum Gasteiger partial charge on any atom is -0.495 e. The van der Waals surface area contributed by atoms with Crippen LogP contribution in [0.25, 0.3) is 0 Å². The Morgan fingerprint density at radius 1 is 1.16 bits per heavy atom. The largest absolute Gasteiger partial charge is 0.495 e. The number of carbonyl (C=O) groups is 2. The van der Waals surface area contributed by atoms with Crippen molar-refractivity contribution in [2.75, 3.05) is 23.9 Å². The molecule has 0 bridgehead atoms. The molecule has 25 heavy (non-hydrogen) atoms. The number of hydrogen-bond donors (Lipinski definition) is 1. The first-order valence-electron chi connectivity index (χ1n) is 7.58. The molecule has 7 heteroatoms. The minimum absolute atomic E-state index is 0.108. The summed E-state index contributed by atoms with van der Waals surface area (Å²) < 4.78 is 5.20. The predicted octanol–water partition coefficient (Wildman–Crippen LogP) is 4.38. The van der Waals surface area contributed by atoms with Gasteiger partial charge in [-0.2, -0.15) is 0 Å². The number of benzene rings is 2. The molecule has 5 nitrogen and oxygen atoms in total. The summed E-state index contributed by atoms with van der Waals surface area (Å²) in [4.78, 5) is 25.6. The molecule has 1 N–H and O–H groups in total. The van der Waals surface area contributed by atoms with E-state index in [0.29, 0.717) is 27.2 Å². The summed E-state index contributed by atoms with van der Waals surface area (Å²) >= 11 is 12.0. The third-order valence-corrected chi connectivity index (χ3v) is 4.06. The molecule has 0 saturated heterocycles. The van der Waals surface area contributed by atoms with Gasteiger partial charge in [0.15, 0.2) is 0 Å². The zero-order valence-corrected chi connectivity index (χ0v) is 15.4. The molecular weight excluding hydrogens is 363 g/mol. The molecule has 2 amide bonds. The number of methoxy groups -OCH3 is 1. The van der Waals surface area contributed by atoms with E-state index in [4.69, 9.17) is 27.9 Å². The van der Waals surface area contributed by atoms with Crippen LogP contribution in [-0.4, -0.2) is 25.5 Å². The van der Waals surface area contributed by atoms with E-state index >= 15 is 0 Å². The average molecular weight is 381 g/mol. The summed E-state index contributed by atoms with van der Waals surface area (Å²) in [6.45, 7) is 1.61. The molecule has 0 aromatic heterocycles. The van der Waals surface area contributed by atoms with Crippen LogP contribution in [0.1, 0.15) is 13.3 Å². The van der Waals surface area contributed by atoms with E-state index < -0.39 is 0 Å². The highest BCUT2D eigenvalue weighted by Gasteiger charge is 2.17. The zero-order chi connectivity index (χ0) is 18.4. The van der Waals surface area contributed by atoms with Gasteiger partial charge in [-0.15, -0.1) is 0 Å². The van der Waals surface area contributed by atoms with Crippen LogP contribution in [0.5, 0.6) is 5.75 Å². The standard InChI is InChI=1S/C18H18Cl2N2O3/c1-12(23)22(16-8-7-13(19)11-14(16)20)10-9-18(24)21-15-5-3-4-6-17(15)25-2/h3-8,11H,9-10H2,1-2H3,(H,21,24). The highest BCUT2D eigenvalue weighted by molar-refractivity contribution is 6.36. The highest BCUT2D eigenvalue weighted by Crippen LogP contribution is 2.29. The first kappa shape index (κ1) is 19.1. The number of amides is 2. The van der Waals surface area contributed by atoms with E-state index in [1.807, 2.05) is 6.07 Å². The normalized spacial score (nSPS) is 10.2. The second-order valence-electron chi connectivity index (χ2n) is 5.26. The Hall–Kier alpha value is -2.24. The summed E-state index contributed by atoms with van der Waals surface area (Å²) in [5, 5.41) is 3.61. The Labute approximate surface area is 156 Å². The van der Waals surface area contributed by atoms with Crippen LogP contribution in [0.3, 0.4) is 0 Å². The monoisotopic (exact) mass is 380 g/mol. The zero-order valence-electron chi connectivity index (χ0n) is 13.9. The second-order valence-corrected chi connectivity index (χ2v) is 6.11. The SMILES string of the molecule is COc1ccccc1NC(=O)CCN(C(C)=O)c1ccc(Cl)cc1Cl. The maximum Gasteiger partial charge on any atom is 0.226 e. The van der Waals surface area contributed by atoms with Crippen molar-refractivity contribution in [3.8, 4) is 5.75 Å². The van der Waals surface area contributed by atoms with Crippen LogP contribution >= 0.6 is 23.2 Å². The maximum absolute atomic E-state index is 12.2. The van der Waals surface area contributed by atoms with Crippen LogP contribution in [0.2, 0.25) is 10.0 Å². The van der Waals surface area contributed by atoms with Crippen LogP contribution in [0, 0.1) is 0 Å². The van der Waals surface area contributed by atoms with Crippen molar-refractivity contribution < 1.29 is 14.3 Å². The van der Waals surface area contributed by atoms with E-state index in [0.717, 1.165) is 0 Å². The molecule has 0 heterocycles. The first-order chi connectivity index (χ1) is 11.9. The molecule has 0 radical (unpaired) electrons. The number of carbonyl (C=O) groups excluding carboxylic acids is 2. The van der Waals surface area contributed by atoms with Crippen molar-refractivity contribution in [3.63, 3.8) is 0 Å². The van der Waals surface area contributed by atoms with Gasteiger partial charge in [-0.05, 0) is 30.3 Å². The quantitative estimate of drug-likeness (QED) is 0.808. The van der Waals surface area contributed by atoms with Crippen molar-refractivity contribution in [3.05, 3.63) is 52.5 Å². The van der Waals surface area contributed by atoms with Crippen LogP contribution < -0.4 is 15.0 Å². The van der Waals surface area contributed by atoms with Crippen LogP contribution in [0.4, 0.5) is 11.4 Å². The van der Waals surface area contributed by atoms with Crippen molar-refractivity contribution >= 4 is 46.4 Å². The van der Waals surface area contributed by atoms with E-state index in [-0.39, 0.29) is 24.8 Å². The summed E-state index contributed by atoms with van der Waals surface area (Å²) in [6, 6.07) is 12.0. The number of hydrogen-bond acceptors (Lipinski definition) is 3. The number of rotatable bonds is 6. The van der Waals surface area contributed by atoms with Gasteiger partial charge in [0, 0.05) is 24.9 Å². The Morgan fingerprint density at radius 3 is 2.52 bits per heavy atom. The van der Waals surface area contributed by atoms with Gasteiger partial charge in [-0.25, -0.2) is 0 Å². The summed E-state index contributed by atoms with van der Waals surface area (Å²) in [7, 11) is 1.53. The van der Waals surface area contributed by atoms with E-state index in [1.54, 1.807) is 36.4 Å². The lowest BCUT2D eigenvalue weighted by atomic mass is 10.2. The molecule has 2 aromatic rings. The molecule has 0 aliphatic carbocycles. The number of ether oxygens (including phenoxy) is 1. The molecule has 0 atom stereocenters. The van der Waals surface area contributed by atoms with Crippen LogP contribution in [-0.2, 0) is 9.59 Å². The van der Waals surface area contributed by atoms with Gasteiger partial charge >= 0.3 is 0 Å². The van der Waals surface area contributed by atoms with Gasteiger partial charge < -0.3 is 15.0 Å². The van der Waals surface area contributed by atoms with Crippen molar-refractivity contribution in [1.82, 2.24) is 0 Å². The fourth-order valence-electron chi connectivity index (χ4n) is 2.32. The molecule has 0 saturated carbocycles. The minimum atomic E-state index is -0.235. The molecule has 132 valence electrons. The molecular formula is C18H18Cl2N2O3. The van der Waals surface area contributed by atoms with Crippen molar-refractivity contribution in [2.45, 2.75) is 13.3 Å². The van der Waals surface area contributed by atoms with E-state index in [2.05, 4.69) is 5.32 Å². The molecule has 0 aliphatic heterocycles. The second kappa shape index (κ2) is 8.74. The highest BCUT2D eigenvalue weighted by atomic mass is 35.5. The summed E-state index contributed by atoms with van der Waals surface area (Å²) in [5.41, 5.74) is 1.09. The summed E-state index contributed by atoms with van der Waals surface area (Å²) in [6.07, 6.45) is 0.108. The Kier molecular flexibility index (Phi) is 6.67. The predicted molar refractivity (Wildman–Crippen MR) is 101 cm³/mol. The van der Waals surface area contributed by atoms with Gasteiger partial charge in [-0.3, -0.25) is 9.59 Å². The molecule has 0 unspecified atom stereocenters. The lowest BCUT2D eigenvalue weighted by Gasteiger charge is -2.22. The summed E-state index contributed by atoms with van der Waals surface area (Å²) in [5.74, 6) is 0.121. The third kappa shape index (κ3) is 5.11. The van der Waals surface area contributed by atoms with E-state index in [9.17, 15) is 9.59 Å². The number of nitrogens with zero attached hydrogens (tertiary/aromatic N) is 1. The number of para-hydroxylation sites is 2. The number of anilines is 2. The number of nitrogens with one attached hydrogen (secondary N) is 1. The fourth-order valence-corrected chi connectivity index (χ4v) is 2.83. The first-order valence-corrected chi connectivity index (χ1v) is 8.34. The van der Waals surface area contributed by atoms with E-state index in [1.165, 1.54) is 18.9 Å². The Balaban J connectivity index is 2.06. The van der Waals surface area contributed by atoms with Crippen LogP contribution in [0.15, 0.2) is 42.5 Å². The molecule has 0 fully saturated rings. The topological polar surface area (TPSA) is 58.6 Å². The van der Waals surface area contributed by atoms with Crippen molar-refractivity contribution in [2.24, 2.45) is 0 Å². The van der Waals surface area contributed by atoms with Crippen molar-refractivity contribution in [1.29, 1.82) is 0 Å². The molecule has 0 aliphatic rings. The molecule has 2 aromatic carbocycles. The smallest absolute Gasteiger partial charge is 0.226 e. The number of halogens is 2. The lowest BCUT2D eigenvalue weighted by Crippen LogP contribution is -2.32. The van der Waals surface area contributed by atoms with Gasteiger partial charge in [-0.1, -0.05) is 35.3 Å². The fraction of sp³-hybridized carbons (Fsp3) is 0.222.